The highest BCUT2D eigenvalue weighted by Gasteiger charge is 2.30. The lowest BCUT2D eigenvalue weighted by Crippen LogP contribution is -2.51. The van der Waals surface area contributed by atoms with E-state index in [1.54, 1.807) is 42.5 Å². The zero-order chi connectivity index (χ0) is 20.9. The van der Waals surface area contributed by atoms with Crippen molar-refractivity contribution in [3.8, 4) is 0 Å². The molecule has 0 radical (unpaired) electrons. The first-order valence-corrected chi connectivity index (χ1v) is 11.0. The van der Waals surface area contributed by atoms with Gasteiger partial charge in [0.05, 0.1) is 4.90 Å². The van der Waals surface area contributed by atoms with E-state index in [2.05, 4.69) is 15.9 Å². The number of rotatable bonds is 6. The summed E-state index contributed by atoms with van der Waals surface area (Å²) in [6.45, 7) is 0.433. The molecule has 0 saturated carbocycles. The maximum Gasteiger partial charge on any atom is 0.331 e. The van der Waals surface area contributed by atoms with Gasteiger partial charge in [0, 0.05) is 32.3 Å². The van der Waals surface area contributed by atoms with Crippen molar-refractivity contribution in [3.05, 3.63) is 59.0 Å². The first-order chi connectivity index (χ1) is 13.9. The van der Waals surface area contributed by atoms with Gasteiger partial charge in [-0.3, -0.25) is 4.79 Å². The van der Waals surface area contributed by atoms with Crippen molar-refractivity contribution in [3.63, 3.8) is 0 Å². The van der Waals surface area contributed by atoms with Gasteiger partial charge in [-0.25, -0.2) is 13.2 Å². The minimum absolute atomic E-state index is 0.185. The molecule has 1 saturated heterocycles. The minimum atomic E-state index is -3.58. The maximum absolute atomic E-state index is 12.6. The summed E-state index contributed by atoms with van der Waals surface area (Å²) in [6, 6.07) is 11.5. The largest absolute Gasteiger partial charge is 0.452 e. The molecular weight excluding hydrogens is 464 g/mol. The van der Waals surface area contributed by atoms with Crippen molar-refractivity contribution in [1.82, 2.24) is 9.21 Å². The third-order valence-electron chi connectivity index (χ3n) is 4.29. The Balaban J connectivity index is 1.46. The van der Waals surface area contributed by atoms with Gasteiger partial charge < -0.3 is 14.1 Å². The predicted molar refractivity (Wildman–Crippen MR) is 108 cm³/mol. The quantitative estimate of drug-likeness (QED) is 0.462. The Bertz CT molecular complexity index is 995. The molecule has 1 aliphatic rings. The Morgan fingerprint density at radius 2 is 1.76 bits per heavy atom. The number of amides is 1. The molecule has 1 amide bonds. The number of furan rings is 1. The van der Waals surface area contributed by atoms with Crippen LogP contribution in [0.2, 0.25) is 0 Å². The van der Waals surface area contributed by atoms with Crippen LogP contribution in [0.15, 0.2) is 62.5 Å². The Hall–Kier alpha value is -2.43. The summed E-state index contributed by atoms with van der Waals surface area (Å²) in [5.74, 6) is -0.573. The van der Waals surface area contributed by atoms with E-state index >= 15 is 0 Å². The predicted octanol–water partition coefficient (Wildman–Crippen LogP) is 2.13. The molecule has 2 heterocycles. The van der Waals surface area contributed by atoms with Crippen LogP contribution < -0.4 is 0 Å². The molecule has 10 heteroatoms. The van der Waals surface area contributed by atoms with E-state index < -0.39 is 22.6 Å². The molecule has 1 aliphatic heterocycles. The summed E-state index contributed by atoms with van der Waals surface area (Å²) in [6.07, 6.45) is 2.60. The summed E-state index contributed by atoms with van der Waals surface area (Å²) in [4.78, 5) is 25.7. The summed E-state index contributed by atoms with van der Waals surface area (Å²) in [7, 11) is -3.58. The van der Waals surface area contributed by atoms with Gasteiger partial charge >= 0.3 is 5.97 Å². The van der Waals surface area contributed by atoms with Crippen molar-refractivity contribution in [2.75, 3.05) is 32.8 Å². The van der Waals surface area contributed by atoms with Crippen molar-refractivity contribution < 1.29 is 27.2 Å². The highest BCUT2D eigenvalue weighted by atomic mass is 79.9. The number of hydrogen-bond donors (Lipinski definition) is 0. The third-order valence-corrected chi connectivity index (χ3v) is 6.63. The monoisotopic (exact) mass is 482 g/mol. The van der Waals surface area contributed by atoms with E-state index in [9.17, 15) is 18.0 Å². The van der Waals surface area contributed by atoms with Crippen LogP contribution in [-0.4, -0.2) is 62.3 Å². The summed E-state index contributed by atoms with van der Waals surface area (Å²) >= 11 is 3.15. The number of sulfonamides is 1. The molecule has 1 aromatic heterocycles. The number of carbonyl (C=O) groups excluding carboxylic acids is 2. The van der Waals surface area contributed by atoms with Gasteiger partial charge in [-0.2, -0.15) is 4.31 Å². The van der Waals surface area contributed by atoms with Crippen LogP contribution in [0.3, 0.4) is 0 Å². The molecule has 2 aromatic rings. The number of ether oxygens (including phenoxy) is 1. The van der Waals surface area contributed by atoms with Crippen LogP contribution in [0.1, 0.15) is 5.76 Å². The van der Waals surface area contributed by atoms with Crippen LogP contribution in [0.4, 0.5) is 0 Å². The zero-order valence-electron chi connectivity index (χ0n) is 15.4. The van der Waals surface area contributed by atoms with E-state index in [1.165, 1.54) is 21.4 Å². The first-order valence-electron chi connectivity index (χ1n) is 8.79. The topological polar surface area (TPSA) is 97.1 Å². The molecule has 8 nitrogen and oxygen atoms in total. The highest BCUT2D eigenvalue weighted by molar-refractivity contribution is 9.10. The number of nitrogens with zero attached hydrogens (tertiary/aromatic N) is 2. The van der Waals surface area contributed by atoms with Gasteiger partial charge in [-0.1, -0.05) is 18.2 Å². The van der Waals surface area contributed by atoms with Crippen LogP contribution >= 0.6 is 15.9 Å². The SMILES string of the molecule is O=C(C=Cc1ccc(Br)o1)OCC(=O)N1CCN(S(=O)(=O)c2ccccc2)CC1. The maximum atomic E-state index is 12.6. The zero-order valence-corrected chi connectivity index (χ0v) is 17.8. The van der Waals surface area contributed by atoms with Crippen LogP contribution in [0.25, 0.3) is 6.08 Å². The number of hydrogen-bond acceptors (Lipinski definition) is 6. The molecule has 3 rings (SSSR count). The average Bonchev–Trinajstić information content (AvgIpc) is 3.16. The van der Waals surface area contributed by atoms with Gasteiger partial charge in [-0.05, 0) is 46.3 Å². The number of piperazine rings is 1. The molecule has 0 atom stereocenters. The van der Waals surface area contributed by atoms with Crippen LogP contribution in [-0.2, 0) is 24.3 Å². The van der Waals surface area contributed by atoms with Crippen molar-refractivity contribution in [2.24, 2.45) is 0 Å². The lowest BCUT2D eigenvalue weighted by Gasteiger charge is -2.33. The molecule has 0 N–H and O–H groups in total. The average molecular weight is 483 g/mol. The molecule has 154 valence electrons. The second-order valence-electron chi connectivity index (χ2n) is 6.18. The third kappa shape index (κ3) is 5.55. The van der Waals surface area contributed by atoms with Crippen molar-refractivity contribution >= 4 is 43.9 Å². The molecule has 0 bridgehead atoms. The van der Waals surface area contributed by atoms with Gasteiger partial charge in [0.25, 0.3) is 5.91 Å². The Kier molecular flexibility index (Phi) is 6.88. The Morgan fingerprint density at radius 3 is 2.38 bits per heavy atom. The smallest absolute Gasteiger partial charge is 0.331 e. The highest BCUT2D eigenvalue weighted by Crippen LogP contribution is 2.17. The second kappa shape index (κ2) is 9.38. The van der Waals surface area contributed by atoms with Crippen molar-refractivity contribution in [1.29, 1.82) is 0 Å². The van der Waals surface area contributed by atoms with Gasteiger partial charge in [0.1, 0.15) is 5.76 Å². The normalized spacial score (nSPS) is 15.6. The van der Waals surface area contributed by atoms with E-state index in [4.69, 9.17) is 9.15 Å². The Labute approximate surface area is 176 Å². The second-order valence-corrected chi connectivity index (χ2v) is 8.90. The molecule has 0 spiro atoms. The van der Waals surface area contributed by atoms with Gasteiger partial charge in [-0.15, -0.1) is 0 Å². The molecule has 1 aromatic carbocycles. The van der Waals surface area contributed by atoms with Gasteiger partial charge in [0.15, 0.2) is 11.3 Å². The fourth-order valence-corrected chi connectivity index (χ4v) is 4.52. The standard InChI is InChI=1S/C19H19BrN2O6S/c20-17-8-6-15(28-17)7-9-19(24)27-14-18(23)21-10-12-22(13-11-21)29(25,26)16-4-2-1-3-5-16/h1-9H,10-14H2. The Morgan fingerprint density at radius 1 is 1.07 bits per heavy atom. The van der Waals surface area contributed by atoms with E-state index in [0.29, 0.717) is 10.4 Å². The van der Waals surface area contributed by atoms with Crippen molar-refractivity contribution in [2.45, 2.75) is 4.90 Å². The first kappa shape index (κ1) is 21.3. The molecule has 29 heavy (non-hydrogen) atoms. The molecular formula is C19H19BrN2O6S. The number of halogens is 1. The van der Waals surface area contributed by atoms with Crippen LogP contribution in [0, 0.1) is 0 Å². The number of benzene rings is 1. The number of esters is 1. The summed E-state index contributed by atoms with van der Waals surface area (Å²) in [5.41, 5.74) is 0. The van der Waals surface area contributed by atoms with Gasteiger partial charge in [0.2, 0.25) is 10.0 Å². The molecule has 0 unspecified atom stereocenters. The van der Waals surface area contributed by atoms with E-state index in [-0.39, 0.29) is 37.0 Å². The number of carbonyl (C=O) groups is 2. The molecule has 0 aliphatic carbocycles. The van der Waals surface area contributed by atoms with E-state index in [0.717, 1.165) is 0 Å². The minimum Gasteiger partial charge on any atom is -0.452 e. The fourth-order valence-electron chi connectivity index (χ4n) is 2.76. The van der Waals surface area contributed by atoms with E-state index in [1.807, 2.05) is 0 Å². The lowest BCUT2D eigenvalue weighted by atomic mass is 10.3. The molecule has 1 fully saturated rings. The lowest BCUT2D eigenvalue weighted by molar-refractivity contribution is -0.148. The summed E-state index contributed by atoms with van der Waals surface area (Å²) in [5, 5.41) is 0. The van der Waals surface area contributed by atoms with Crippen LogP contribution in [0.5, 0.6) is 0 Å². The summed E-state index contributed by atoms with van der Waals surface area (Å²) < 4.78 is 37.3. The fraction of sp³-hybridized carbons (Fsp3) is 0.263.